The van der Waals surface area contributed by atoms with Gasteiger partial charge in [-0.25, -0.2) is 9.37 Å². The highest BCUT2D eigenvalue weighted by atomic mass is 19.1. The van der Waals surface area contributed by atoms with Crippen LogP contribution in [0.15, 0.2) is 36.4 Å². The number of nitrogens with two attached hydrogens (primary N) is 1. The summed E-state index contributed by atoms with van der Waals surface area (Å²) in [6, 6.07) is 10.4. The summed E-state index contributed by atoms with van der Waals surface area (Å²) in [5, 5.41) is 0. The number of imidazole rings is 1. The van der Waals surface area contributed by atoms with E-state index in [4.69, 9.17) is 10.5 Å². The molecule has 4 nitrogen and oxygen atoms in total. The minimum absolute atomic E-state index is 0.238. The second-order valence-corrected chi connectivity index (χ2v) is 4.59. The van der Waals surface area contributed by atoms with Crippen molar-refractivity contribution in [2.24, 2.45) is 0 Å². The van der Waals surface area contributed by atoms with Crippen LogP contribution < -0.4 is 10.5 Å². The van der Waals surface area contributed by atoms with Gasteiger partial charge in [0.15, 0.2) is 0 Å². The maximum atomic E-state index is 13.4. The van der Waals surface area contributed by atoms with Gasteiger partial charge in [0.1, 0.15) is 11.6 Å². The number of methoxy groups -OCH3 is 1. The fraction of sp³-hybridized carbons (Fsp3) is 0.133. The van der Waals surface area contributed by atoms with Crippen molar-refractivity contribution >= 4 is 17.0 Å². The van der Waals surface area contributed by atoms with Gasteiger partial charge < -0.3 is 10.5 Å². The number of ether oxygens (including phenoxy) is 1. The third-order valence-corrected chi connectivity index (χ3v) is 3.29. The number of aromatic nitrogens is 2. The van der Waals surface area contributed by atoms with Gasteiger partial charge in [0, 0.05) is 11.8 Å². The predicted molar refractivity (Wildman–Crippen MR) is 76.7 cm³/mol. The molecule has 0 bridgehead atoms. The summed E-state index contributed by atoms with van der Waals surface area (Å²) in [5.74, 6) is 0.843. The van der Waals surface area contributed by atoms with E-state index >= 15 is 0 Å². The molecule has 2 N–H and O–H groups in total. The van der Waals surface area contributed by atoms with Crippen molar-refractivity contribution in [3.63, 3.8) is 0 Å². The third kappa shape index (κ3) is 1.87. The van der Waals surface area contributed by atoms with Crippen LogP contribution in [0.5, 0.6) is 5.75 Å². The zero-order valence-electron chi connectivity index (χ0n) is 11.2. The van der Waals surface area contributed by atoms with Gasteiger partial charge in [-0.3, -0.25) is 4.57 Å². The summed E-state index contributed by atoms with van der Waals surface area (Å²) < 4.78 is 20.3. The first-order valence-electron chi connectivity index (χ1n) is 6.18. The second-order valence-electron chi connectivity index (χ2n) is 4.59. The largest absolute Gasteiger partial charge is 0.497 e. The van der Waals surface area contributed by atoms with Crippen molar-refractivity contribution in [2.45, 2.75) is 6.92 Å². The number of rotatable bonds is 2. The highest BCUT2D eigenvalue weighted by Crippen LogP contribution is 2.27. The molecular weight excluding hydrogens is 257 g/mol. The molecule has 0 amide bonds. The lowest BCUT2D eigenvalue weighted by atomic mass is 10.2. The lowest BCUT2D eigenvalue weighted by Gasteiger charge is -2.08. The third-order valence-electron chi connectivity index (χ3n) is 3.29. The summed E-state index contributed by atoms with van der Waals surface area (Å²) in [6.45, 7) is 1.72. The minimum atomic E-state index is -0.238. The SMILES string of the molecule is COc1ccc2c(c1)nc(N)n2-c1ccc(F)c(C)c1. The molecule has 20 heavy (non-hydrogen) atoms. The standard InChI is InChI=1S/C15H14FN3O/c1-9-7-10(3-5-12(9)16)19-14-6-4-11(20-2)8-13(14)18-15(19)17/h3-8H,1-2H3,(H2,17,18). The van der Waals surface area contributed by atoms with Gasteiger partial charge in [0.25, 0.3) is 0 Å². The highest BCUT2D eigenvalue weighted by Gasteiger charge is 2.11. The molecule has 0 atom stereocenters. The summed E-state index contributed by atoms with van der Waals surface area (Å²) in [6.07, 6.45) is 0. The molecule has 1 aromatic heterocycles. The summed E-state index contributed by atoms with van der Waals surface area (Å²) in [7, 11) is 1.60. The molecule has 1 heterocycles. The van der Waals surface area contributed by atoms with Crippen molar-refractivity contribution in [1.82, 2.24) is 9.55 Å². The van der Waals surface area contributed by atoms with Gasteiger partial charge in [0.2, 0.25) is 5.95 Å². The molecule has 0 saturated carbocycles. The normalized spacial score (nSPS) is 10.9. The van der Waals surface area contributed by atoms with Crippen molar-refractivity contribution in [2.75, 3.05) is 12.8 Å². The molecule has 3 rings (SSSR count). The molecule has 2 aromatic carbocycles. The van der Waals surface area contributed by atoms with E-state index in [1.165, 1.54) is 6.07 Å². The topological polar surface area (TPSA) is 53.1 Å². The minimum Gasteiger partial charge on any atom is -0.497 e. The van der Waals surface area contributed by atoms with Crippen molar-refractivity contribution in [1.29, 1.82) is 0 Å². The van der Waals surface area contributed by atoms with Gasteiger partial charge in [-0.2, -0.15) is 0 Å². The molecule has 0 fully saturated rings. The Bertz CT molecular complexity index is 795. The number of nitrogen functional groups attached to an aromatic ring is 1. The van der Waals surface area contributed by atoms with E-state index in [1.54, 1.807) is 30.7 Å². The van der Waals surface area contributed by atoms with Gasteiger partial charge in [-0.1, -0.05) is 0 Å². The number of benzene rings is 2. The molecular formula is C15H14FN3O. The summed E-state index contributed by atoms with van der Waals surface area (Å²) in [4.78, 5) is 4.32. The highest BCUT2D eigenvalue weighted by molar-refractivity contribution is 5.82. The van der Waals surface area contributed by atoms with Crippen LogP contribution >= 0.6 is 0 Å². The maximum absolute atomic E-state index is 13.4. The smallest absolute Gasteiger partial charge is 0.205 e. The molecule has 0 unspecified atom stereocenters. The first kappa shape index (κ1) is 12.5. The second kappa shape index (κ2) is 4.52. The predicted octanol–water partition coefficient (Wildman–Crippen LogP) is 3.06. The lowest BCUT2D eigenvalue weighted by Crippen LogP contribution is -2.01. The molecule has 0 saturated heterocycles. The fourth-order valence-corrected chi connectivity index (χ4v) is 2.24. The molecule has 5 heteroatoms. The Morgan fingerprint density at radius 1 is 1.20 bits per heavy atom. The Hall–Kier alpha value is -2.56. The van der Waals surface area contributed by atoms with E-state index in [-0.39, 0.29) is 5.82 Å². The Morgan fingerprint density at radius 3 is 2.70 bits per heavy atom. The van der Waals surface area contributed by atoms with Crippen LogP contribution in [0.2, 0.25) is 0 Å². The van der Waals surface area contributed by atoms with E-state index < -0.39 is 0 Å². The zero-order valence-corrected chi connectivity index (χ0v) is 11.2. The summed E-state index contributed by atoms with van der Waals surface area (Å²) >= 11 is 0. The molecule has 0 radical (unpaired) electrons. The molecule has 0 spiro atoms. The molecule has 102 valence electrons. The van der Waals surface area contributed by atoms with Crippen LogP contribution in [0.3, 0.4) is 0 Å². The quantitative estimate of drug-likeness (QED) is 0.779. The lowest BCUT2D eigenvalue weighted by molar-refractivity contribution is 0.415. The van der Waals surface area contributed by atoms with E-state index in [9.17, 15) is 4.39 Å². The molecule has 0 aliphatic heterocycles. The number of aryl methyl sites for hydroxylation is 1. The maximum Gasteiger partial charge on any atom is 0.205 e. The van der Waals surface area contributed by atoms with E-state index in [0.29, 0.717) is 11.5 Å². The Kier molecular flexibility index (Phi) is 2.82. The van der Waals surface area contributed by atoms with Gasteiger partial charge in [-0.05, 0) is 42.8 Å². The Morgan fingerprint density at radius 2 is 2.00 bits per heavy atom. The Labute approximate surface area is 115 Å². The van der Waals surface area contributed by atoms with Crippen LogP contribution in [-0.2, 0) is 0 Å². The van der Waals surface area contributed by atoms with Crippen LogP contribution in [-0.4, -0.2) is 16.7 Å². The first-order chi connectivity index (χ1) is 9.60. The molecule has 0 aliphatic rings. The van der Waals surface area contributed by atoms with Crippen molar-refractivity contribution in [3.8, 4) is 11.4 Å². The van der Waals surface area contributed by atoms with E-state index in [2.05, 4.69) is 4.98 Å². The van der Waals surface area contributed by atoms with Crippen molar-refractivity contribution < 1.29 is 9.13 Å². The van der Waals surface area contributed by atoms with Crippen molar-refractivity contribution in [3.05, 3.63) is 47.8 Å². The fourth-order valence-electron chi connectivity index (χ4n) is 2.24. The molecule has 3 aromatic rings. The number of hydrogen-bond donors (Lipinski definition) is 1. The van der Waals surface area contributed by atoms with Crippen LogP contribution in [0.1, 0.15) is 5.56 Å². The number of halogens is 1. The van der Waals surface area contributed by atoms with Gasteiger partial charge in [-0.15, -0.1) is 0 Å². The van der Waals surface area contributed by atoms with E-state index in [0.717, 1.165) is 22.5 Å². The summed E-state index contributed by atoms with van der Waals surface area (Å²) in [5.41, 5.74) is 8.93. The number of anilines is 1. The Balaban J connectivity index is 2.24. The molecule has 0 aliphatic carbocycles. The monoisotopic (exact) mass is 271 g/mol. The van der Waals surface area contributed by atoms with Crippen LogP contribution in [0, 0.1) is 12.7 Å². The first-order valence-corrected chi connectivity index (χ1v) is 6.18. The van der Waals surface area contributed by atoms with E-state index in [1.807, 2.05) is 18.2 Å². The number of nitrogens with zero attached hydrogens (tertiary/aromatic N) is 2. The van der Waals surface area contributed by atoms with Crippen LogP contribution in [0.25, 0.3) is 16.7 Å². The average Bonchev–Trinajstić information content (AvgIpc) is 2.76. The van der Waals surface area contributed by atoms with Gasteiger partial charge in [0.05, 0.1) is 18.1 Å². The van der Waals surface area contributed by atoms with Crippen LogP contribution in [0.4, 0.5) is 10.3 Å². The number of fused-ring (bicyclic) bond motifs is 1. The van der Waals surface area contributed by atoms with Gasteiger partial charge >= 0.3 is 0 Å². The zero-order chi connectivity index (χ0) is 14.3. The number of hydrogen-bond acceptors (Lipinski definition) is 3. The average molecular weight is 271 g/mol.